The molecule has 22 heavy (non-hydrogen) atoms. The van der Waals surface area contributed by atoms with Crippen LogP contribution < -0.4 is 0 Å². The van der Waals surface area contributed by atoms with Crippen molar-refractivity contribution >= 4 is 23.9 Å². The van der Waals surface area contributed by atoms with Gasteiger partial charge in [-0.2, -0.15) is 0 Å². The van der Waals surface area contributed by atoms with E-state index in [1.165, 1.54) is 0 Å². The molecule has 0 unspecified atom stereocenters. The topological polar surface area (TPSA) is 149 Å². The van der Waals surface area contributed by atoms with E-state index in [0.29, 0.717) is 12.8 Å². The summed E-state index contributed by atoms with van der Waals surface area (Å²) in [6.07, 6.45) is 4.20. The Morgan fingerprint density at radius 3 is 1.32 bits per heavy atom. The lowest BCUT2D eigenvalue weighted by Gasteiger charge is -2.19. The van der Waals surface area contributed by atoms with Gasteiger partial charge in [0.05, 0.1) is 0 Å². The molecule has 0 fully saturated rings. The zero-order valence-electron chi connectivity index (χ0n) is 12.3. The summed E-state index contributed by atoms with van der Waals surface area (Å²) in [5.74, 6) is -6.41. The van der Waals surface area contributed by atoms with Crippen molar-refractivity contribution in [3.63, 3.8) is 0 Å². The van der Waals surface area contributed by atoms with Crippen LogP contribution in [0, 0.1) is 5.41 Å². The smallest absolute Gasteiger partial charge is 0.332 e. The average molecular weight is 318 g/mol. The molecule has 0 bridgehead atoms. The molecule has 0 radical (unpaired) electrons. The van der Waals surface area contributed by atoms with Crippen LogP contribution >= 0.6 is 0 Å². The molecule has 126 valence electrons. The van der Waals surface area contributed by atoms with Gasteiger partial charge in [-0.25, -0.2) is 0 Å². The molecule has 0 aromatic heterocycles. The fourth-order valence-electron chi connectivity index (χ4n) is 2.15. The normalized spacial score (nSPS) is 11.1. The molecule has 0 saturated carbocycles. The highest BCUT2D eigenvalue weighted by atomic mass is 16.4. The minimum atomic E-state index is -2.78. The van der Waals surface area contributed by atoms with E-state index in [1.807, 2.05) is 0 Å². The second-order valence-corrected chi connectivity index (χ2v) is 5.19. The molecule has 4 N–H and O–H groups in total. The lowest BCUT2D eigenvalue weighted by atomic mass is 9.82. The van der Waals surface area contributed by atoms with Crippen LogP contribution in [0.3, 0.4) is 0 Å². The predicted molar refractivity (Wildman–Crippen MR) is 74.5 cm³/mol. The van der Waals surface area contributed by atoms with Crippen molar-refractivity contribution < 1.29 is 39.6 Å². The Morgan fingerprint density at radius 1 is 0.591 bits per heavy atom. The van der Waals surface area contributed by atoms with E-state index in [1.54, 1.807) is 0 Å². The Hall–Kier alpha value is -2.12. The first-order valence-corrected chi connectivity index (χ1v) is 7.17. The molecule has 8 heteroatoms. The van der Waals surface area contributed by atoms with Crippen LogP contribution in [0.2, 0.25) is 0 Å². The summed E-state index contributed by atoms with van der Waals surface area (Å²) in [6, 6.07) is 0. The second-order valence-electron chi connectivity index (χ2n) is 5.19. The first kappa shape index (κ1) is 19.9. The van der Waals surface area contributed by atoms with Crippen LogP contribution in [0.1, 0.15) is 57.8 Å². The van der Waals surface area contributed by atoms with E-state index < -0.39 is 35.7 Å². The number of carbonyl (C=O) groups is 4. The Bertz CT molecular complexity index is 379. The van der Waals surface area contributed by atoms with Crippen LogP contribution in [0.5, 0.6) is 0 Å². The van der Waals surface area contributed by atoms with Gasteiger partial charge in [0.2, 0.25) is 0 Å². The van der Waals surface area contributed by atoms with Crippen molar-refractivity contribution in [1.29, 1.82) is 0 Å². The van der Waals surface area contributed by atoms with Gasteiger partial charge in [-0.05, 0) is 12.8 Å². The number of carboxylic acid groups (broad SMARTS) is 4. The van der Waals surface area contributed by atoms with Gasteiger partial charge >= 0.3 is 23.9 Å². The van der Waals surface area contributed by atoms with Crippen molar-refractivity contribution in [3.8, 4) is 0 Å². The number of hydrogen-bond donors (Lipinski definition) is 4. The Balaban J connectivity index is 4.01. The SMILES string of the molecule is O=C(O)CCCCCCCCCC(C(=O)O)(C(=O)O)C(=O)O. The number of rotatable bonds is 13. The first-order valence-electron chi connectivity index (χ1n) is 7.17. The summed E-state index contributed by atoms with van der Waals surface area (Å²) in [5, 5.41) is 35.2. The summed E-state index contributed by atoms with van der Waals surface area (Å²) < 4.78 is 0. The highest BCUT2D eigenvalue weighted by Crippen LogP contribution is 2.27. The summed E-state index contributed by atoms with van der Waals surface area (Å²) in [4.78, 5) is 43.3. The van der Waals surface area contributed by atoms with Gasteiger partial charge in [0.15, 0.2) is 0 Å². The standard InChI is InChI=1S/C14H22O8/c15-10(16)8-6-4-2-1-3-5-7-9-14(11(17)18,12(19)20)13(21)22/h1-9H2,(H,15,16)(H,17,18)(H,19,20)(H,21,22). The molecule has 0 rings (SSSR count). The van der Waals surface area contributed by atoms with Crippen LogP contribution in [-0.2, 0) is 19.2 Å². The van der Waals surface area contributed by atoms with Gasteiger partial charge in [-0.1, -0.05) is 38.5 Å². The van der Waals surface area contributed by atoms with E-state index in [-0.39, 0.29) is 12.8 Å². The fourth-order valence-corrected chi connectivity index (χ4v) is 2.15. The summed E-state index contributed by atoms with van der Waals surface area (Å²) in [5.41, 5.74) is -2.78. The summed E-state index contributed by atoms with van der Waals surface area (Å²) in [6.45, 7) is 0. The van der Waals surface area contributed by atoms with Gasteiger partial charge in [-0.15, -0.1) is 0 Å². The van der Waals surface area contributed by atoms with Crippen molar-refractivity contribution in [3.05, 3.63) is 0 Å². The van der Waals surface area contributed by atoms with Crippen molar-refractivity contribution in [1.82, 2.24) is 0 Å². The van der Waals surface area contributed by atoms with Gasteiger partial charge in [0.25, 0.3) is 5.41 Å². The average Bonchev–Trinajstić information content (AvgIpc) is 2.39. The first-order chi connectivity index (χ1) is 10.2. The molecule has 0 heterocycles. The highest BCUT2D eigenvalue weighted by Gasteiger charge is 2.53. The fraction of sp³-hybridized carbons (Fsp3) is 0.714. The molecule has 0 aliphatic heterocycles. The maximum atomic E-state index is 11.0. The van der Waals surface area contributed by atoms with E-state index in [4.69, 9.17) is 20.4 Å². The summed E-state index contributed by atoms with van der Waals surface area (Å²) in [7, 11) is 0. The maximum Gasteiger partial charge on any atom is 0.332 e. The van der Waals surface area contributed by atoms with E-state index in [0.717, 1.165) is 25.7 Å². The monoisotopic (exact) mass is 318 g/mol. The van der Waals surface area contributed by atoms with E-state index in [9.17, 15) is 19.2 Å². The van der Waals surface area contributed by atoms with Gasteiger partial charge in [0, 0.05) is 6.42 Å². The molecule has 0 amide bonds. The van der Waals surface area contributed by atoms with Crippen LogP contribution in [0.4, 0.5) is 0 Å². The Kier molecular flexibility index (Phi) is 8.81. The molecule has 0 aliphatic carbocycles. The third-order valence-electron chi connectivity index (χ3n) is 3.54. The van der Waals surface area contributed by atoms with Gasteiger partial charge in [-0.3, -0.25) is 19.2 Å². The molecule has 0 saturated heterocycles. The Morgan fingerprint density at radius 2 is 0.955 bits per heavy atom. The number of hydrogen-bond acceptors (Lipinski definition) is 4. The molecular weight excluding hydrogens is 296 g/mol. The van der Waals surface area contributed by atoms with Crippen molar-refractivity contribution in [2.75, 3.05) is 0 Å². The molecule has 0 spiro atoms. The van der Waals surface area contributed by atoms with Crippen molar-refractivity contribution in [2.24, 2.45) is 5.41 Å². The largest absolute Gasteiger partial charge is 0.481 e. The van der Waals surface area contributed by atoms with E-state index >= 15 is 0 Å². The van der Waals surface area contributed by atoms with Crippen LogP contribution in [0.15, 0.2) is 0 Å². The van der Waals surface area contributed by atoms with Crippen LogP contribution in [-0.4, -0.2) is 44.3 Å². The molecule has 0 aromatic carbocycles. The Labute approximate surface area is 127 Å². The minimum Gasteiger partial charge on any atom is -0.481 e. The van der Waals surface area contributed by atoms with E-state index in [2.05, 4.69) is 0 Å². The molecule has 0 atom stereocenters. The quantitative estimate of drug-likeness (QED) is 0.297. The van der Waals surface area contributed by atoms with Gasteiger partial charge in [0.1, 0.15) is 0 Å². The van der Waals surface area contributed by atoms with Crippen LogP contribution in [0.25, 0.3) is 0 Å². The molecule has 8 nitrogen and oxygen atoms in total. The third kappa shape index (κ3) is 6.11. The maximum absolute atomic E-state index is 11.0. The predicted octanol–water partition coefficient (Wildman–Crippen LogP) is 1.82. The summed E-state index contributed by atoms with van der Waals surface area (Å²) >= 11 is 0. The van der Waals surface area contributed by atoms with Crippen molar-refractivity contribution in [2.45, 2.75) is 57.8 Å². The molecule has 0 aromatic rings. The second kappa shape index (κ2) is 9.75. The lowest BCUT2D eigenvalue weighted by Crippen LogP contribution is -2.46. The highest BCUT2D eigenvalue weighted by molar-refractivity contribution is 6.16. The molecule has 0 aliphatic rings. The minimum absolute atomic E-state index is 0.137. The molecular formula is C14H22O8. The third-order valence-corrected chi connectivity index (χ3v) is 3.54. The van der Waals surface area contributed by atoms with Gasteiger partial charge < -0.3 is 20.4 Å². The zero-order chi connectivity index (χ0) is 17.2. The number of aliphatic carboxylic acids is 4. The zero-order valence-corrected chi connectivity index (χ0v) is 12.3. The number of carboxylic acids is 4. The number of unbranched alkanes of at least 4 members (excludes halogenated alkanes) is 6. The lowest BCUT2D eigenvalue weighted by molar-refractivity contribution is -0.176.